The summed E-state index contributed by atoms with van der Waals surface area (Å²) in [6.07, 6.45) is 0. The SMILES string of the molecule is Cc1ccc(NS(=O)(=O)Cc2ccc(F)cc2)cc1N. The van der Waals surface area contributed by atoms with Gasteiger partial charge in [-0.25, -0.2) is 12.8 Å². The third-order valence-electron chi connectivity index (χ3n) is 2.82. The molecule has 0 bridgehead atoms. The number of anilines is 2. The first-order valence-electron chi connectivity index (χ1n) is 5.97. The molecule has 0 amide bonds. The Labute approximate surface area is 117 Å². The second-order valence-electron chi connectivity index (χ2n) is 4.56. The fourth-order valence-corrected chi connectivity index (χ4v) is 2.91. The van der Waals surface area contributed by atoms with Crippen molar-refractivity contribution in [2.45, 2.75) is 12.7 Å². The van der Waals surface area contributed by atoms with Crippen LogP contribution in [0.5, 0.6) is 0 Å². The number of nitrogens with two attached hydrogens (primary N) is 1. The highest BCUT2D eigenvalue weighted by molar-refractivity contribution is 7.91. The summed E-state index contributed by atoms with van der Waals surface area (Å²) in [5.41, 5.74) is 8.06. The van der Waals surface area contributed by atoms with E-state index in [1.807, 2.05) is 6.92 Å². The van der Waals surface area contributed by atoms with E-state index in [1.54, 1.807) is 18.2 Å². The molecule has 0 saturated carbocycles. The molecule has 0 fully saturated rings. The van der Waals surface area contributed by atoms with Crippen molar-refractivity contribution in [2.24, 2.45) is 0 Å². The Bertz CT molecular complexity index is 712. The lowest BCUT2D eigenvalue weighted by molar-refractivity contribution is 0.600. The van der Waals surface area contributed by atoms with Crippen molar-refractivity contribution in [1.82, 2.24) is 0 Å². The van der Waals surface area contributed by atoms with E-state index in [9.17, 15) is 12.8 Å². The molecule has 0 aliphatic carbocycles. The number of nitrogens with one attached hydrogen (secondary N) is 1. The molecule has 0 spiro atoms. The van der Waals surface area contributed by atoms with Gasteiger partial charge in [-0.3, -0.25) is 4.72 Å². The van der Waals surface area contributed by atoms with Crippen LogP contribution in [0.3, 0.4) is 0 Å². The molecule has 6 heteroatoms. The smallest absolute Gasteiger partial charge is 0.236 e. The molecule has 0 radical (unpaired) electrons. The maximum absolute atomic E-state index is 12.8. The summed E-state index contributed by atoms with van der Waals surface area (Å²) in [4.78, 5) is 0. The minimum atomic E-state index is -3.56. The lowest BCUT2D eigenvalue weighted by Gasteiger charge is -2.09. The Morgan fingerprint density at radius 1 is 1.15 bits per heavy atom. The van der Waals surface area contributed by atoms with Gasteiger partial charge in [-0.15, -0.1) is 0 Å². The summed E-state index contributed by atoms with van der Waals surface area (Å²) in [7, 11) is -3.56. The number of hydrogen-bond acceptors (Lipinski definition) is 3. The molecule has 106 valence electrons. The Hall–Kier alpha value is -2.08. The van der Waals surface area contributed by atoms with Crippen LogP contribution in [0.2, 0.25) is 0 Å². The minimum Gasteiger partial charge on any atom is -0.398 e. The molecule has 0 saturated heterocycles. The summed E-state index contributed by atoms with van der Waals surface area (Å²) >= 11 is 0. The van der Waals surface area contributed by atoms with Crippen LogP contribution in [0.4, 0.5) is 15.8 Å². The van der Waals surface area contributed by atoms with Crippen molar-refractivity contribution in [3.05, 3.63) is 59.4 Å². The topological polar surface area (TPSA) is 72.2 Å². The van der Waals surface area contributed by atoms with Crippen molar-refractivity contribution in [2.75, 3.05) is 10.5 Å². The van der Waals surface area contributed by atoms with Crippen molar-refractivity contribution in [1.29, 1.82) is 0 Å². The van der Waals surface area contributed by atoms with Gasteiger partial charge in [0.2, 0.25) is 10.0 Å². The first-order chi connectivity index (χ1) is 9.35. The predicted octanol–water partition coefficient (Wildman–Crippen LogP) is 2.66. The molecule has 2 aromatic carbocycles. The van der Waals surface area contributed by atoms with Crippen molar-refractivity contribution < 1.29 is 12.8 Å². The van der Waals surface area contributed by atoms with Gasteiger partial charge in [0.1, 0.15) is 5.82 Å². The molecule has 3 N–H and O–H groups in total. The number of halogens is 1. The van der Waals surface area contributed by atoms with E-state index in [0.29, 0.717) is 16.9 Å². The molecule has 0 aromatic heterocycles. The molecule has 0 heterocycles. The zero-order chi connectivity index (χ0) is 14.8. The molecule has 20 heavy (non-hydrogen) atoms. The van der Waals surface area contributed by atoms with Crippen molar-refractivity contribution in [3.63, 3.8) is 0 Å². The summed E-state index contributed by atoms with van der Waals surface area (Å²) in [6, 6.07) is 10.3. The van der Waals surface area contributed by atoms with E-state index in [2.05, 4.69) is 4.72 Å². The average molecular weight is 294 g/mol. The third kappa shape index (κ3) is 3.71. The van der Waals surface area contributed by atoms with Crippen LogP contribution in [0.25, 0.3) is 0 Å². The highest BCUT2D eigenvalue weighted by Gasteiger charge is 2.12. The van der Waals surface area contributed by atoms with Crippen molar-refractivity contribution in [3.8, 4) is 0 Å². The van der Waals surface area contributed by atoms with E-state index < -0.39 is 15.8 Å². The van der Waals surface area contributed by atoms with Crippen LogP contribution < -0.4 is 10.5 Å². The molecular formula is C14H15FN2O2S. The van der Waals surface area contributed by atoms with Crippen LogP contribution in [0.1, 0.15) is 11.1 Å². The molecular weight excluding hydrogens is 279 g/mol. The zero-order valence-corrected chi connectivity index (χ0v) is 11.7. The maximum atomic E-state index is 12.8. The van der Waals surface area contributed by atoms with Gasteiger partial charge in [0, 0.05) is 5.69 Å². The Morgan fingerprint density at radius 3 is 2.40 bits per heavy atom. The van der Waals surface area contributed by atoms with E-state index in [0.717, 1.165) is 5.56 Å². The van der Waals surface area contributed by atoms with E-state index >= 15 is 0 Å². The summed E-state index contributed by atoms with van der Waals surface area (Å²) in [5.74, 6) is -0.619. The highest BCUT2D eigenvalue weighted by Crippen LogP contribution is 2.19. The quantitative estimate of drug-likeness (QED) is 0.851. The number of sulfonamides is 1. The van der Waals surface area contributed by atoms with Crippen LogP contribution in [-0.2, 0) is 15.8 Å². The minimum absolute atomic E-state index is 0.221. The average Bonchev–Trinajstić information content (AvgIpc) is 2.36. The zero-order valence-electron chi connectivity index (χ0n) is 10.9. The van der Waals surface area contributed by atoms with Gasteiger partial charge in [0.05, 0.1) is 11.4 Å². The highest BCUT2D eigenvalue weighted by atomic mass is 32.2. The van der Waals surface area contributed by atoms with E-state index in [-0.39, 0.29) is 5.75 Å². The lowest BCUT2D eigenvalue weighted by atomic mass is 10.2. The first kappa shape index (κ1) is 14.3. The maximum Gasteiger partial charge on any atom is 0.236 e. The fraction of sp³-hybridized carbons (Fsp3) is 0.143. The van der Waals surface area contributed by atoms with Crippen LogP contribution in [0.15, 0.2) is 42.5 Å². The van der Waals surface area contributed by atoms with Crippen LogP contribution >= 0.6 is 0 Å². The summed E-state index contributed by atoms with van der Waals surface area (Å²) in [5, 5.41) is 0. The van der Waals surface area contributed by atoms with Gasteiger partial charge in [-0.2, -0.15) is 0 Å². The molecule has 0 aliphatic rings. The molecule has 0 unspecified atom stereocenters. The fourth-order valence-electron chi connectivity index (χ4n) is 1.72. The summed E-state index contributed by atoms with van der Waals surface area (Å²) < 4.78 is 39.2. The monoisotopic (exact) mass is 294 g/mol. The Balaban J connectivity index is 2.14. The van der Waals surface area contributed by atoms with Crippen LogP contribution in [0, 0.1) is 12.7 Å². The van der Waals surface area contributed by atoms with Gasteiger partial charge < -0.3 is 5.73 Å². The second-order valence-corrected chi connectivity index (χ2v) is 6.28. The van der Waals surface area contributed by atoms with Gasteiger partial charge >= 0.3 is 0 Å². The number of benzene rings is 2. The van der Waals surface area contributed by atoms with E-state index in [1.165, 1.54) is 24.3 Å². The second kappa shape index (κ2) is 5.50. The molecule has 2 aromatic rings. The number of hydrogen-bond donors (Lipinski definition) is 2. The van der Waals surface area contributed by atoms with Gasteiger partial charge in [-0.05, 0) is 42.3 Å². The molecule has 0 atom stereocenters. The molecule has 4 nitrogen and oxygen atoms in total. The van der Waals surface area contributed by atoms with E-state index in [4.69, 9.17) is 5.73 Å². The standard InChI is InChI=1S/C14H15FN2O2S/c1-10-2-7-13(8-14(10)16)17-20(18,19)9-11-3-5-12(15)6-4-11/h2-8,17H,9,16H2,1H3. The van der Waals surface area contributed by atoms with Gasteiger partial charge in [0.25, 0.3) is 0 Å². The Kier molecular flexibility index (Phi) is 3.94. The number of aryl methyl sites for hydroxylation is 1. The molecule has 0 aliphatic heterocycles. The lowest BCUT2D eigenvalue weighted by Crippen LogP contribution is -2.15. The third-order valence-corrected chi connectivity index (χ3v) is 4.08. The number of nitrogen functional groups attached to an aromatic ring is 1. The summed E-state index contributed by atoms with van der Waals surface area (Å²) in [6.45, 7) is 1.84. The first-order valence-corrected chi connectivity index (χ1v) is 7.62. The number of rotatable bonds is 4. The van der Waals surface area contributed by atoms with Crippen molar-refractivity contribution >= 4 is 21.4 Å². The predicted molar refractivity (Wildman–Crippen MR) is 78.2 cm³/mol. The molecule has 2 rings (SSSR count). The Morgan fingerprint density at radius 2 is 1.80 bits per heavy atom. The van der Waals surface area contributed by atoms with Gasteiger partial charge in [-0.1, -0.05) is 18.2 Å². The van der Waals surface area contributed by atoms with Gasteiger partial charge in [0.15, 0.2) is 0 Å². The normalized spacial score (nSPS) is 11.3. The van der Waals surface area contributed by atoms with Crippen LogP contribution in [-0.4, -0.2) is 8.42 Å². The largest absolute Gasteiger partial charge is 0.398 e.